The van der Waals surface area contributed by atoms with Crippen LogP contribution in [0, 0.1) is 0 Å². The first-order chi connectivity index (χ1) is 22.1. The number of carbonyl (C=O) groups is 3. The molecule has 0 saturated carbocycles. The molecule has 3 aromatic rings. The van der Waals surface area contributed by atoms with Gasteiger partial charge < -0.3 is 34.5 Å². The summed E-state index contributed by atoms with van der Waals surface area (Å²) in [4.78, 5) is 44.2. The lowest BCUT2D eigenvalue weighted by molar-refractivity contribution is -0.118. The van der Waals surface area contributed by atoms with E-state index in [1.165, 1.54) is 4.90 Å². The van der Waals surface area contributed by atoms with Crippen molar-refractivity contribution in [1.29, 1.82) is 0 Å². The van der Waals surface area contributed by atoms with Crippen LogP contribution in [0.3, 0.4) is 0 Å². The van der Waals surface area contributed by atoms with E-state index in [-0.39, 0.29) is 30.8 Å². The number of hydrogen-bond acceptors (Lipinski definition) is 9. The number of nitrogens with zero attached hydrogens (tertiary/aromatic N) is 3. The van der Waals surface area contributed by atoms with Crippen molar-refractivity contribution >= 4 is 29.7 Å². The van der Waals surface area contributed by atoms with Crippen LogP contribution in [0.2, 0.25) is 0 Å². The summed E-state index contributed by atoms with van der Waals surface area (Å²) in [7, 11) is 0. The molecule has 0 radical (unpaired) electrons. The molecule has 1 unspecified atom stereocenters. The van der Waals surface area contributed by atoms with Gasteiger partial charge in [-0.1, -0.05) is 30.3 Å². The zero-order valence-corrected chi connectivity index (χ0v) is 26.3. The number of pyridine rings is 1. The average Bonchev–Trinajstić information content (AvgIpc) is 3.65. The maximum absolute atomic E-state index is 12.5. The Bertz CT molecular complexity index is 1610. The van der Waals surface area contributed by atoms with Gasteiger partial charge in [0.15, 0.2) is 18.2 Å². The summed E-state index contributed by atoms with van der Waals surface area (Å²) < 4.78 is 22.7. The smallest absolute Gasteiger partial charge is 0.415 e. The lowest BCUT2D eigenvalue weighted by atomic mass is 10.0. The van der Waals surface area contributed by atoms with E-state index in [4.69, 9.17) is 18.9 Å². The minimum atomic E-state index is -0.526. The van der Waals surface area contributed by atoms with Crippen LogP contribution in [0.5, 0.6) is 11.5 Å². The number of amides is 3. The number of rotatable bonds is 9. The molecule has 2 aromatic carbocycles. The van der Waals surface area contributed by atoms with Gasteiger partial charge in [0.2, 0.25) is 0 Å². The lowest BCUT2D eigenvalue weighted by Crippen LogP contribution is -2.36. The molecule has 4 heterocycles. The Hall–Kier alpha value is -4.84. The predicted molar refractivity (Wildman–Crippen MR) is 171 cm³/mol. The van der Waals surface area contributed by atoms with Crippen LogP contribution in [0.15, 0.2) is 60.7 Å². The molecule has 2 fully saturated rings. The molecule has 2 N–H and O–H groups in total. The average molecular weight is 630 g/mol. The van der Waals surface area contributed by atoms with Crippen molar-refractivity contribution in [2.75, 3.05) is 43.0 Å². The monoisotopic (exact) mass is 629 g/mol. The van der Waals surface area contributed by atoms with Crippen molar-refractivity contribution in [2.24, 2.45) is 0 Å². The first-order valence-corrected chi connectivity index (χ1v) is 15.6. The third-order valence-electron chi connectivity index (χ3n) is 7.78. The van der Waals surface area contributed by atoms with Crippen molar-refractivity contribution in [2.45, 2.75) is 58.0 Å². The number of ether oxygens (including phenoxy) is 4. The standard InChI is InChI=1S/C34H39N5O7/c1-34(2,3)46-32(41)38-15-13-27(19-38)44-25-9-5-8-24(17-25)23-7-4-6-22(16-23)18-35-14-12-26-20-39(33(42)45-26)29-11-10-28-31(36-29)37-30(40)21-43-28/h4-11,16-17,26-27,35H,12-15,18-21H2,1-3H3,(H,36,37,40)/t26-,27?/m0/s1. The van der Waals surface area contributed by atoms with E-state index in [1.54, 1.807) is 17.0 Å². The lowest BCUT2D eigenvalue weighted by Gasteiger charge is -2.24. The van der Waals surface area contributed by atoms with Crippen LogP contribution < -0.4 is 25.0 Å². The van der Waals surface area contributed by atoms with Crippen molar-refractivity contribution in [3.63, 3.8) is 0 Å². The molecule has 3 aliphatic rings. The SMILES string of the molecule is CC(C)(C)OC(=O)N1CCC(Oc2cccc(-c3cccc(CNCC[C@H]4CN(c5ccc6c(n5)NC(=O)CO6)C(=O)O4)c3)c2)C1. The molecule has 242 valence electrons. The highest BCUT2D eigenvalue weighted by molar-refractivity contribution is 5.95. The van der Waals surface area contributed by atoms with E-state index in [9.17, 15) is 14.4 Å². The van der Waals surface area contributed by atoms with E-state index >= 15 is 0 Å². The minimum Gasteiger partial charge on any atom is -0.488 e. The number of nitrogens with one attached hydrogen (secondary N) is 2. The normalized spacial score (nSPS) is 19.3. The summed E-state index contributed by atoms with van der Waals surface area (Å²) in [6.45, 7) is 8.33. The first-order valence-electron chi connectivity index (χ1n) is 15.6. The van der Waals surface area contributed by atoms with E-state index in [0.29, 0.717) is 56.5 Å². The van der Waals surface area contributed by atoms with Gasteiger partial charge in [-0.05, 0) is 80.8 Å². The van der Waals surface area contributed by atoms with E-state index < -0.39 is 11.7 Å². The van der Waals surface area contributed by atoms with Gasteiger partial charge in [0.25, 0.3) is 5.91 Å². The first kappa shape index (κ1) is 31.2. The summed E-state index contributed by atoms with van der Waals surface area (Å²) in [6.07, 6.45) is 0.249. The van der Waals surface area contributed by atoms with Gasteiger partial charge in [0, 0.05) is 19.5 Å². The molecule has 3 amide bonds. The van der Waals surface area contributed by atoms with Crippen LogP contribution in [0.1, 0.15) is 39.2 Å². The molecule has 6 rings (SSSR count). The summed E-state index contributed by atoms with van der Waals surface area (Å²) in [5, 5.41) is 6.12. The third kappa shape index (κ3) is 7.68. The van der Waals surface area contributed by atoms with Crippen molar-refractivity contribution in [3.8, 4) is 22.6 Å². The zero-order valence-electron chi connectivity index (χ0n) is 26.3. The van der Waals surface area contributed by atoms with Gasteiger partial charge >= 0.3 is 12.2 Å². The Morgan fingerprint density at radius 1 is 1.07 bits per heavy atom. The molecule has 2 atom stereocenters. The number of benzene rings is 2. The Morgan fingerprint density at radius 2 is 1.87 bits per heavy atom. The molecule has 3 aliphatic heterocycles. The second-order valence-electron chi connectivity index (χ2n) is 12.6. The fraction of sp³-hybridized carbons (Fsp3) is 0.412. The van der Waals surface area contributed by atoms with Crippen LogP contribution >= 0.6 is 0 Å². The second-order valence-corrected chi connectivity index (χ2v) is 12.6. The Balaban J connectivity index is 0.976. The van der Waals surface area contributed by atoms with Crippen LogP contribution in [-0.2, 0) is 20.8 Å². The van der Waals surface area contributed by atoms with Crippen LogP contribution in [0.25, 0.3) is 11.1 Å². The molecule has 0 bridgehead atoms. The number of anilines is 2. The van der Waals surface area contributed by atoms with E-state index in [2.05, 4.69) is 39.9 Å². The zero-order chi connectivity index (χ0) is 32.3. The molecule has 0 spiro atoms. The number of hydrogen-bond donors (Lipinski definition) is 2. The molecule has 0 aliphatic carbocycles. The minimum absolute atomic E-state index is 0.0549. The van der Waals surface area contributed by atoms with Crippen molar-refractivity contribution in [1.82, 2.24) is 15.2 Å². The molecule has 2 saturated heterocycles. The summed E-state index contributed by atoms with van der Waals surface area (Å²) >= 11 is 0. The molecular weight excluding hydrogens is 590 g/mol. The summed E-state index contributed by atoms with van der Waals surface area (Å²) in [6, 6.07) is 19.7. The van der Waals surface area contributed by atoms with Crippen molar-refractivity contribution in [3.05, 3.63) is 66.2 Å². The van der Waals surface area contributed by atoms with E-state index in [1.807, 2.05) is 45.0 Å². The fourth-order valence-corrected chi connectivity index (χ4v) is 5.58. The van der Waals surface area contributed by atoms with Crippen LogP contribution in [-0.4, -0.2) is 78.6 Å². The molecular formula is C34H39N5O7. The fourth-order valence-electron chi connectivity index (χ4n) is 5.58. The Kier molecular flexibility index (Phi) is 8.98. The van der Waals surface area contributed by atoms with E-state index in [0.717, 1.165) is 28.9 Å². The number of cyclic esters (lactones) is 1. The topological polar surface area (TPSA) is 132 Å². The number of fused-ring (bicyclic) bond motifs is 1. The van der Waals surface area contributed by atoms with Crippen molar-refractivity contribution < 1.29 is 33.3 Å². The Labute approximate surface area is 268 Å². The Morgan fingerprint density at radius 3 is 2.70 bits per heavy atom. The molecule has 12 nitrogen and oxygen atoms in total. The maximum Gasteiger partial charge on any atom is 0.415 e. The largest absolute Gasteiger partial charge is 0.488 e. The van der Waals surface area contributed by atoms with Gasteiger partial charge in [-0.25, -0.2) is 14.6 Å². The molecule has 12 heteroatoms. The molecule has 1 aromatic heterocycles. The van der Waals surface area contributed by atoms with Gasteiger partial charge in [0.05, 0.1) is 13.1 Å². The number of aromatic nitrogens is 1. The highest BCUT2D eigenvalue weighted by Gasteiger charge is 2.34. The highest BCUT2D eigenvalue weighted by atomic mass is 16.6. The maximum atomic E-state index is 12.5. The quantitative estimate of drug-likeness (QED) is 0.315. The summed E-state index contributed by atoms with van der Waals surface area (Å²) in [5.41, 5.74) is 2.72. The third-order valence-corrected chi connectivity index (χ3v) is 7.78. The second kappa shape index (κ2) is 13.3. The number of likely N-dealkylation sites (tertiary alicyclic amines) is 1. The van der Waals surface area contributed by atoms with Gasteiger partial charge in [-0.2, -0.15) is 0 Å². The summed E-state index contributed by atoms with van der Waals surface area (Å²) in [5.74, 6) is 1.66. The van der Waals surface area contributed by atoms with Gasteiger partial charge in [0.1, 0.15) is 29.4 Å². The predicted octanol–water partition coefficient (Wildman–Crippen LogP) is 4.97. The molecule has 46 heavy (non-hydrogen) atoms. The van der Waals surface area contributed by atoms with Gasteiger partial charge in [-0.3, -0.25) is 9.69 Å². The van der Waals surface area contributed by atoms with Crippen LogP contribution in [0.4, 0.5) is 21.2 Å². The van der Waals surface area contributed by atoms with Gasteiger partial charge in [-0.15, -0.1) is 0 Å². The highest BCUT2D eigenvalue weighted by Crippen LogP contribution is 2.31. The number of carbonyl (C=O) groups excluding carboxylic acids is 3.